The van der Waals surface area contributed by atoms with E-state index in [1.807, 2.05) is 6.92 Å². The Balaban J connectivity index is 2.54. The van der Waals surface area contributed by atoms with Crippen molar-refractivity contribution in [2.75, 3.05) is 47.1 Å². The summed E-state index contributed by atoms with van der Waals surface area (Å²) in [5, 5.41) is 3.41. The van der Waals surface area contributed by atoms with E-state index < -0.39 is 0 Å². The average molecular weight is 298 g/mol. The number of nitrogens with one attached hydrogen (secondary N) is 1. The smallest absolute Gasteiger partial charge is 0.118 e. The molecule has 0 radical (unpaired) electrons. The molecular formula is C16H30N2O3. The lowest BCUT2D eigenvalue weighted by atomic mass is 10.2. The second kappa shape index (κ2) is 10.8. The van der Waals surface area contributed by atoms with Crippen LogP contribution in [0.4, 0.5) is 0 Å². The first kappa shape index (κ1) is 18.2. The molecule has 0 saturated carbocycles. The number of furan rings is 1. The van der Waals surface area contributed by atoms with Crippen LogP contribution in [-0.4, -0.2) is 52.0 Å². The van der Waals surface area contributed by atoms with Gasteiger partial charge in [0.2, 0.25) is 0 Å². The van der Waals surface area contributed by atoms with Gasteiger partial charge >= 0.3 is 0 Å². The molecule has 1 heterocycles. The van der Waals surface area contributed by atoms with Gasteiger partial charge in [-0.05, 0) is 26.0 Å². The van der Waals surface area contributed by atoms with Crippen LogP contribution >= 0.6 is 0 Å². The number of aryl methyl sites for hydroxylation is 1. The van der Waals surface area contributed by atoms with Crippen molar-refractivity contribution in [1.29, 1.82) is 0 Å². The molecule has 0 aliphatic carbocycles. The maximum atomic E-state index is 5.87. The van der Waals surface area contributed by atoms with Crippen molar-refractivity contribution in [2.24, 2.45) is 0 Å². The van der Waals surface area contributed by atoms with Crippen LogP contribution < -0.4 is 5.32 Å². The zero-order chi connectivity index (χ0) is 15.5. The zero-order valence-corrected chi connectivity index (χ0v) is 13.9. The Hall–Kier alpha value is -0.880. The Morgan fingerprint density at radius 3 is 2.43 bits per heavy atom. The van der Waals surface area contributed by atoms with Crippen molar-refractivity contribution in [3.8, 4) is 0 Å². The van der Waals surface area contributed by atoms with E-state index in [-0.39, 0.29) is 0 Å². The summed E-state index contributed by atoms with van der Waals surface area (Å²) < 4.78 is 16.2. The van der Waals surface area contributed by atoms with Crippen molar-refractivity contribution < 1.29 is 13.9 Å². The third-order valence-electron chi connectivity index (χ3n) is 3.42. The second-order valence-corrected chi connectivity index (χ2v) is 5.23. The number of nitrogens with zero attached hydrogens (tertiary/aromatic N) is 1. The van der Waals surface area contributed by atoms with Gasteiger partial charge in [-0.1, -0.05) is 6.92 Å². The molecule has 0 aromatic carbocycles. The molecule has 5 heteroatoms. The van der Waals surface area contributed by atoms with Gasteiger partial charge in [-0.2, -0.15) is 0 Å². The SMILES string of the molecule is CCCNCc1cc(CN(CCOC)CCOC)oc1C. The van der Waals surface area contributed by atoms with Crippen LogP contribution in [0.15, 0.2) is 10.5 Å². The number of hydrogen-bond donors (Lipinski definition) is 1. The monoisotopic (exact) mass is 298 g/mol. The van der Waals surface area contributed by atoms with Crippen molar-refractivity contribution in [3.63, 3.8) is 0 Å². The summed E-state index contributed by atoms with van der Waals surface area (Å²) >= 11 is 0. The lowest BCUT2D eigenvalue weighted by Gasteiger charge is -2.20. The lowest BCUT2D eigenvalue weighted by Crippen LogP contribution is -2.30. The van der Waals surface area contributed by atoms with Crippen LogP contribution in [0.1, 0.15) is 30.4 Å². The Kier molecular flexibility index (Phi) is 9.34. The molecule has 1 aromatic rings. The standard InChI is InChI=1S/C16H30N2O3/c1-5-6-17-12-15-11-16(21-14(15)2)13-18(7-9-19-3)8-10-20-4/h11,17H,5-10,12-13H2,1-4H3. The molecular weight excluding hydrogens is 268 g/mol. The molecule has 21 heavy (non-hydrogen) atoms. The summed E-state index contributed by atoms with van der Waals surface area (Å²) in [6.07, 6.45) is 1.14. The number of rotatable bonds is 12. The normalized spacial score (nSPS) is 11.5. The molecule has 0 atom stereocenters. The highest BCUT2D eigenvalue weighted by Gasteiger charge is 2.11. The molecule has 0 fully saturated rings. The first-order chi connectivity index (χ1) is 10.2. The van der Waals surface area contributed by atoms with Crippen LogP contribution in [0.3, 0.4) is 0 Å². The summed E-state index contributed by atoms with van der Waals surface area (Å²) in [5.41, 5.74) is 1.25. The van der Waals surface area contributed by atoms with E-state index in [0.29, 0.717) is 13.2 Å². The van der Waals surface area contributed by atoms with Gasteiger partial charge in [-0.15, -0.1) is 0 Å². The van der Waals surface area contributed by atoms with Crippen molar-refractivity contribution in [2.45, 2.75) is 33.4 Å². The molecule has 5 nitrogen and oxygen atoms in total. The fraction of sp³-hybridized carbons (Fsp3) is 0.750. The minimum atomic E-state index is 0.717. The van der Waals surface area contributed by atoms with Gasteiger partial charge in [-0.3, -0.25) is 4.90 Å². The molecule has 1 rings (SSSR count). The number of hydrogen-bond acceptors (Lipinski definition) is 5. The van der Waals surface area contributed by atoms with E-state index in [0.717, 1.165) is 50.7 Å². The van der Waals surface area contributed by atoms with E-state index in [9.17, 15) is 0 Å². The summed E-state index contributed by atoms with van der Waals surface area (Å²) in [5.74, 6) is 2.01. The van der Waals surface area contributed by atoms with E-state index >= 15 is 0 Å². The van der Waals surface area contributed by atoms with E-state index in [4.69, 9.17) is 13.9 Å². The summed E-state index contributed by atoms with van der Waals surface area (Å²) in [4.78, 5) is 2.29. The highest BCUT2D eigenvalue weighted by atomic mass is 16.5. The van der Waals surface area contributed by atoms with Crippen LogP contribution in [0.5, 0.6) is 0 Å². The van der Waals surface area contributed by atoms with Gasteiger partial charge in [0.15, 0.2) is 0 Å². The third-order valence-corrected chi connectivity index (χ3v) is 3.42. The molecule has 0 aliphatic rings. The number of ether oxygens (including phenoxy) is 2. The van der Waals surface area contributed by atoms with Gasteiger partial charge in [-0.25, -0.2) is 0 Å². The fourth-order valence-electron chi connectivity index (χ4n) is 2.17. The average Bonchev–Trinajstić information content (AvgIpc) is 2.82. The van der Waals surface area contributed by atoms with Crippen LogP contribution in [0.25, 0.3) is 0 Å². The van der Waals surface area contributed by atoms with E-state index in [1.54, 1.807) is 14.2 Å². The highest BCUT2D eigenvalue weighted by Crippen LogP contribution is 2.16. The minimum Gasteiger partial charge on any atom is -0.465 e. The van der Waals surface area contributed by atoms with Gasteiger partial charge < -0.3 is 19.2 Å². The summed E-state index contributed by atoms with van der Waals surface area (Å²) in [6.45, 7) is 10.1. The van der Waals surface area contributed by atoms with Gasteiger partial charge in [0.25, 0.3) is 0 Å². The molecule has 122 valence electrons. The first-order valence-corrected chi connectivity index (χ1v) is 7.70. The third kappa shape index (κ3) is 7.09. The maximum Gasteiger partial charge on any atom is 0.118 e. The minimum absolute atomic E-state index is 0.717. The van der Waals surface area contributed by atoms with Crippen LogP contribution in [-0.2, 0) is 22.6 Å². The molecule has 0 spiro atoms. The fourth-order valence-corrected chi connectivity index (χ4v) is 2.17. The molecule has 1 aromatic heterocycles. The van der Waals surface area contributed by atoms with Gasteiger partial charge in [0.05, 0.1) is 19.8 Å². The van der Waals surface area contributed by atoms with Crippen LogP contribution in [0.2, 0.25) is 0 Å². The predicted molar refractivity (Wildman–Crippen MR) is 84.5 cm³/mol. The molecule has 0 aliphatic heterocycles. The van der Waals surface area contributed by atoms with E-state index in [1.165, 1.54) is 5.56 Å². The van der Waals surface area contributed by atoms with Gasteiger partial charge in [0, 0.05) is 39.4 Å². The summed E-state index contributed by atoms with van der Waals surface area (Å²) in [6, 6.07) is 2.16. The molecule has 0 unspecified atom stereocenters. The van der Waals surface area contributed by atoms with Crippen molar-refractivity contribution in [3.05, 3.63) is 23.2 Å². The first-order valence-electron chi connectivity index (χ1n) is 7.70. The van der Waals surface area contributed by atoms with Crippen molar-refractivity contribution >= 4 is 0 Å². The molecule has 1 N–H and O–H groups in total. The Labute approximate surface area is 128 Å². The molecule has 0 amide bonds. The Bertz CT molecular complexity index is 372. The molecule has 0 bridgehead atoms. The largest absolute Gasteiger partial charge is 0.465 e. The van der Waals surface area contributed by atoms with Crippen LogP contribution in [0, 0.1) is 6.92 Å². The number of methoxy groups -OCH3 is 2. The highest BCUT2D eigenvalue weighted by molar-refractivity contribution is 5.20. The Morgan fingerprint density at radius 1 is 1.19 bits per heavy atom. The Morgan fingerprint density at radius 2 is 1.86 bits per heavy atom. The van der Waals surface area contributed by atoms with Crippen molar-refractivity contribution in [1.82, 2.24) is 10.2 Å². The van der Waals surface area contributed by atoms with E-state index in [2.05, 4.69) is 23.2 Å². The van der Waals surface area contributed by atoms with Gasteiger partial charge in [0.1, 0.15) is 11.5 Å². The topological polar surface area (TPSA) is 46.9 Å². The zero-order valence-electron chi connectivity index (χ0n) is 13.9. The summed E-state index contributed by atoms with van der Waals surface area (Å²) in [7, 11) is 3.45. The molecule has 0 saturated heterocycles. The lowest BCUT2D eigenvalue weighted by molar-refractivity contribution is 0.106. The second-order valence-electron chi connectivity index (χ2n) is 5.23. The maximum absolute atomic E-state index is 5.87. The predicted octanol–water partition coefficient (Wildman–Crippen LogP) is 2.18. The quantitative estimate of drug-likeness (QED) is 0.599.